The first-order valence-corrected chi connectivity index (χ1v) is 5.99. The number of nitrogens with one attached hydrogen (secondary N) is 2. The molecule has 0 saturated heterocycles. The molecule has 5 nitrogen and oxygen atoms in total. The Bertz CT molecular complexity index is 483. The van der Waals surface area contributed by atoms with E-state index < -0.39 is 5.97 Å². The normalized spacial score (nSPS) is 9.58. The molecule has 1 aromatic rings. The summed E-state index contributed by atoms with van der Waals surface area (Å²) in [4.78, 5) is 22.3. The molecular weight excluding hydrogens is 244 g/mol. The predicted molar refractivity (Wildman–Crippen MR) is 75.0 cm³/mol. The molecule has 0 aliphatic carbocycles. The highest BCUT2D eigenvalue weighted by Gasteiger charge is 2.07. The van der Waals surface area contributed by atoms with E-state index in [1.54, 1.807) is 25.1 Å². The Morgan fingerprint density at radius 3 is 2.63 bits per heavy atom. The van der Waals surface area contributed by atoms with Crippen molar-refractivity contribution in [3.8, 4) is 0 Å². The quantitative estimate of drug-likeness (QED) is 0.609. The molecular formula is C14H18N2O3. The van der Waals surface area contributed by atoms with Gasteiger partial charge in [-0.25, -0.2) is 4.79 Å². The van der Waals surface area contributed by atoms with Gasteiger partial charge in [-0.05, 0) is 25.1 Å². The van der Waals surface area contributed by atoms with Crippen LogP contribution in [-0.4, -0.2) is 25.0 Å². The molecule has 0 saturated carbocycles. The summed E-state index contributed by atoms with van der Waals surface area (Å²) in [6.07, 6.45) is 0. The lowest BCUT2D eigenvalue weighted by Gasteiger charge is -2.10. The molecule has 0 spiro atoms. The van der Waals surface area contributed by atoms with Gasteiger partial charge in [0.15, 0.2) is 0 Å². The van der Waals surface area contributed by atoms with Crippen LogP contribution in [0.3, 0.4) is 0 Å². The first-order chi connectivity index (χ1) is 9.02. The van der Waals surface area contributed by atoms with Gasteiger partial charge in [-0.15, -0.1) is 0 Å². The number of ether oxygens (including phenoxy) is 1. The molecule has 2 N–H and O–H groups in total. The third-order valence-corrected chi connectivity index (χ3v) is 2.25. The number of anilines is 2. The average molecular weight is 262 g/mol. The van der Waals surface area contributed by atoms with Crippen LogP contribution in [0.4, 0.5) is 11.4 Å². The van der Waals surface area contributed by atoms with E-state index in [-0.39, 0.29) is 5.91 Å². The van der Waals surface area contributed by atoms with E-state index in [9.17, 15) is 9.59 Å². The van der Waals surface area contributed by atoms with Crippen molar-refractivity contribution in [3.05, 3.63) is 36.4 Å². The maximum absolute atomic E-state index is 11.4. The fraction of sp³-hybridized carbons (Fsp3) is 0.286. The second-order valence-electron chi connectivity index (χ2n) is 3.94. The van der Waals surface area contributed by atoms with E-state index >= 15 is 0 Å². The van der Waals surface area contributed by atoms with Crippen LogP contribution in [0, 0.1) is 0 Å². The minimum absolute atomic E-state index is 0.131. The molecule has 1 amide bonds. The minimum Gasteiger partial charge on any atom is -0.463 e. The van der Waals surface area contributed by atoms with Crippen molar-refractivity contribution in [2.75, 3.05) is 23.8 Å². The molecule has 0 aliphatic heterocycles. The highest BCUT2D eigenvalue weighted by Crippen LogP contribution is 2.15. The molecule has 1 rings (SSSR count). The molecule has 5 heteroatoms. The summed E-state index contributed by atoms with van der Waals surface area (Å²) < 4.78 is 4.83. The number of carbonyl (C=O) groups excluding carboxylic acids is 2. The Labute approximate surface area is 112 Å². The van der Waals surface area contributed by atoms with Crippen LogP contribution >= 0.6 is 0 Å². The summed E-state index contributed by atoms with van der Waals surface area (Å²) in [5, 5.41) is 5.73. The van der Waals surface area contributed by atoms with Crippen LogP contribution in [0.1, 0.15) is 13.8 Å². The van der Waals surface area contributed by atoms with Crippen molar-refractivity contribution in [1.29, 1.82) is 0 Å². The van der Waals surface area contributed by atoms with Gasteiger partial charge < -0.3 is 15.4 Å². The summed E-state index contributed by atoms with van der Waals surface area (Å²) in [5.74, 6) is -0.541. The van der Waals surface area contributed by atoms with E-state index in [1.807, 2.05) is 6.07 Å². The maximum atomic E-state index is 11.4. The van der Waals surface area contributed by atoms with Crippen molar-refractivity contribution in [2.24, 2.45) is 0 Å². The number of carbonyl (C=O) groups is 2. The van der Waals surface area contributed by atoms with E-state index in [2.05, 4.69) is 17.2 Å². The topological polar surface area (TPSA) is 67.4 Å². The molecule has 0 fully saturated rings. The first-order valence-electron chi connectivity index (χ1n) is 5.99. The van der Waals surface area contributed by atoms with E-state index in [4.69, 9.17) is 4.74 Å². The standard InChI is InChI=1S/C14H18N2O3/c1-4-19-14(18)10(2)9-15-12-6-5-7-13(8-12)16-11(3)17/h5-8,15H,2,4,9H2,1,3H3,(H,16,17). The third-order valence-electron chi connectivity index (χ3n) is 2.25. The lowest BCUT2D eigenvalue weighted by atomic mass is 10.2. The predicted octanol–water partition coefficient (Wildman–Crippen LogP) is 2.18. The molecule has 0 aliphatic rings. The van der Waals surface area contributed by atoms with Gasteiger partial charge in [0.2, 0.25) is 5.91 Å². The molecule has 0 radical (unpaired) electrons. The van der Waals surface area contributed by atoms with Crippen LogP contribution in [0.2, 0.25) is 0 Å². The Morgan fingerprint density at radius 1 is 1.32 bits per heavy atom. The monoisotopic (exact) mass is 262 g/mol. The van der Waals surface area contributed by atoms with Gasteiger partial charge in [-0.1, -0.05) is 12.6 Å². The second-order valence-corrected chi connectivity index (χ2v) is 3.94. The molecule has 0 aromatic heterocycles. The maximum Gasteiger partial charge on any atom is 0.335 e. The van der Waals surface area contributed by atoms with Crippen molar-refractivity contribution in [1.82, 2.24) is 0 Å². The molecule has 1 aromatic carbocycles. The van der Waals surface area contributed by atoms with Crippen molar-refractivity contribution in [3.63, 3.8) is 0 Å². The zero-order chi connectivity index (χ0) is 14.3. The van der Waals surface area contributed by atoms with Crippen molar-refractivity contribution >= 4 is 23.3 Å². The Kier molecular flexibility index (Phi) is 5.60. The summed E-state index contributed by atoms with van der Waals surface area (Å²) in [7, 11) is 0. The Balaban J connectivity index is 2.55. The number of rotatable bonds is 6. The lowest BCUT2D eigenvalue weighted by molar-refractivity contribution is -0.138. The number of esters is 1. The zero-order valence-corrected chi connectivity index (χ0v) is 11.2. The van der Waals surface area contributed by atoms with Gasteiger partial charge in [0, 0.05) is 30.4 Å². The number of hydrogen-bond donors (Lipinski definition) is 2. The van der Waals surface area contributed by atoms with E-state index in [0.29, 0.717) is 24.4 Å². The smallest absolute Gasteiger partial charge is 0.335 e. The largest absolute Gasteiger partial charge is 0.463 e. The number of amides is 1. The van der Waals surface area contributed by atoms with Crippen LogP contribution in [0.5, 0.6) is 0 Å². The fourth-order valence-corrected chi connectivity index (χ4v) is 1.42. The van der Waals surface area contributed by atoms with Crippen molar-refractivity contribution in [2.45, 2.75) is 13.8 Å². The van der Waals surface area contributed by atoms with Crippen LogP contribution in [-0.2, 0) is 14.3 Å². The molecule has 19 heavy (non-hydrogen) atoms. The van der Waals surface area contributed by atoms with Crippen LogP contribution < -0.4 is 10.6 Å². The molecule has 0 bridgehead atoms. The van der Waals surface area contributed by atoms with Gasteiger partial charge in [0.25, 0.3) is 0 Å². The zero-order valence-electron chi connectivity index (χ0n) is 11.2. The summed E-state index contributed by atoms with van der Waals surface area (Å²) >= 11 is 0. The lowest BCUT2D eigenvalue weighted by Crippen LogP contribution is -2.15. The molecule has 102 valence electrons. The Hall–Kier alpha value is -2.30. The molecule has 0 atom stereocenters. The van der Waals surface area contributed by atoms with Crippen LogP contribution in [0.25, 0.3) is 0 Å². The van der Waals surface area contributed by atoms with Gasteiger partial charge >= 0.3 is 5.97 Å². The Morgan fingerprint density at radius 2 is 2.00 bits per heavy atom. The van der Waals surface area contributed by atoms with Gasteiger partial charge in [0.05, 0.1) is 6.61 Å². The highest BCUT2D eigenvalue weighted by molar-refractivity contribution is 5.90. The summed E-state index contributed by atoms with van der Waals surface area (Å²) in [6, 6.07) is 7.21. The fourth-order valence-electron chi connectivity index (χ4n) is 1.42. The molecule has 0 unspecified atom stereocenters. The third kappa shape index (κ3) is 5.25. The molecule has 0 heterocycles. The van der Waals surface area contributed by atoms with E-state index in [1.165, 1.54) is 6.92 Å². The SMILES string of the molecule is C=C(CNc1cccc(NC(C)=O)c1)C(=O)OCC. The number of hydrogen-bond acceptors (Lipinski definition) is 4. The highest BCUT2D eigenvalue weighted by atomic mass is 16.5. The van der Waals surface area contributed by atoms with E-state index in [0.717, 1.165) is 5.69 Å². The second kappa shape index (κ2) is 7.20. The van der Waals surface area contributed by atoms with Gasteiger partial charge in [-0.2, -0.15) is 0 Å². The van der Waals surface area contributed by atoms with Crippen LogP contribution in [0.15, 0.2) is 36.4 Å². The van der Waals surface area contributed by atoms with Crippen molar-refractivity contribution < 1.29 is 14.3 Å². The average Bonchev–Trinajstić information content (AvgIpc) is 2.36. The minimum atomic E-state index is -0.409. The summed E-state index contributed by atoms with van der Waals surface area (Å²) in [6.45, 7) is 7.47. The first kappa shape index (κ1) is 14.8. The van der Waals surface area contributed by atoms with Gasteiger partial charge in [-0.3, -0.25) is 4.79 Å². The number of benzene rings is 1. The summed E-state index contributed by atoms with van der Waals surface area (Å²) in [5.41, 5.74) is 1.84. The van der Waals surface area contributed by atoms with Gasteiger partial charge in [0.1, 0.15) is 0 Å².